The molecule has 3 aromatic rings. The van der Waals surface area contributed by atoms with Crippen LogP contribution in [-0.2, 0) is 14.9 Å². The molecule has 2 aromatic carbocycles. The lowest BCUT2D eigenvalue weighted by atomic mass is 10.0. The zero-order valence-electron chi connectivity index (χ0n) is 17.3. The molecule has 0 saturated heterocycles. The van der Waals surface area contributed by atoms with Gasteiger partial charge in [0.05, 0.1) is 38.0 Å². The van der Waals surface area contributed by atoms with Gasteiger partial charge >= 0.3 is 16.1 Å². The predicted molar refractivity (Wildman–Crippen MR) is 112 cm³/mol. The Kier molecular flexibility index (Phi) is 6.21. The maximum atomic E-state index is 13.3. The summed E-state index contributed by atoms with van der Waals surface area (Å²) >= 11 is 0. The second-order valence-corrected chi connectivity index (χ2v) is 7.95. The Bertz CT molecular complexity index is 1310. The first-order valence-corrected chi connectivity index (χ1v) is 10.9. The maximum Gasteiger partial charge on any atom is 0.375 e. The summed E-state index contributed by atoms with van der Waals surface area (Å²) in [6, 6.07) is 8.63. The molecule has 0 aliphatic carbocycles. The van der Waals surface area contributed by atoms with Crippen molar-refractivity contribution in [3.05, 3.63) is 52.4 Å². The van der Waals surface area contributed by atoms with Gasteiger partial charge in [0.1, 0.15) is 11.3 Å². The summed E-state index contributed by atoms with van der Waals surface area (Å²) in [6.07, 6.45) is 0.886. The van der Waals surface area contributed by atoms with E-state index in [0.717, 1.165) is 6.26 Å². The van der Waals surface area contributed by atoms with Gasteiger partial charge in [-0.25, -0.2) is 4.79 Å². The first-order chi connectivity index (χ1) is 14.7. The van der Waals surface area contributed by atoms with Crippen LogP contribution in [0.3, 0.4) is 0 Å². The van der Waals surface area contributed by atoms with Crippen molar-refractivity contribution in [2.24, 2.45) is 0 Å². The van der Waals surface area contributed by atoms with Crippen molar-refractivity contribution >= 4 is 27.1 Å². The number of esters is 1. The molecule has 0 radical (unpaired) electrons. The largest absolute Gasteiger partial charge is 0.493 e. The van der Waals surface area contributed by atoms with Gasteiger partial charge in [-0.1, -0.05) is 6.07 Å². The molecule has 0 amide bonds. The number of benzene rings is 2. The lowest BCUT2D eigenvalue weighted by molar-refractivity contribution is 0.0492. The third-order valence-corrected chi connectivity index (χ3v) is 4.74. The third kappa shape index (κ3) is 4.64. The van der Waals surface area contributed by atoms with Crippen LogP contribution in [0.25, 0.3) is 22.1 Å². The van der Waals surface area contributed by atoms with Crippen molar-refractivity contribution in [3.8, 4) is 28.4 Å². The molecule has 3 rings (SSSR count). The van der Waals surface area contributed by atoms with Crippen LogP contribution in [0.1, 0.15) is 17.5 Å². The Morgan fingerprint density at radius 3 is 2.35 bits per heavy atom. The average molecular weight is 448 g/mol. The summed E-state index contributed by atoms with van der Waals surface area (Å²) in [5.74, 6) is -0.446. The fourth-order valence-corrected chi connectivity index (χ4v) is 3.45. The monoisotopic (exact) mass is 448 g/mol. The summed E-state index contributed by atoms with van der Waals surface area (Å²) in [5.41, 5.74) is -0.211. The third-order valence-electron chi connectivity index (χ3n) is 4.24. The van der Waals surface area contributed by atoms with Crippen LogP contribution in [0, 0.1) is 0 Å². The smallest absolute Gasteiger partial charge is 0.375 e. The van der Waals surface area contributed by atoms with Gasteiger partial charge in [-0.05, 0) is 36.8 Å². The van der Waals surface area contributed by atoms with E-state index in [0.29, 0.717) is 17.1 Å². The molecule has 0 aliphatic heterocycles. The average Bonchev–Trinajstić information content (AvgIpc) is 2.72. The number of hydrogen-bond acceptors (Lipinski definition) is 9. The minimum absolute atomic E-state index is 0.0244. The summed E-state index contributed by atoms with van der Waals surface area (Å²) in [7, 11) is -0.875. The standard InChI is InChI=1S/C21H20O9S/c1-5-28-21(23)20-18(12-6-9-15(26-2)17(10-12)27-3)19(22)14-8-7-13(11-16(14)29-20)30-31(4,24)25/h6-11H,5H2,1-4H3. The van der Waals surface area contributed by atoms with Crippen molar-refractivity contribution in [3.63, 3.8) is 0 Å². The van der Waals surface area contributed by atoms with Gasteiger partial charge in [0.15, 0.2) is 11.5 Å². The molecular weight excluding hydrogens is 428 g/mol. The molecule has 10 heteroatoms. The molecular formula is C21H20O9S. The number of fused-ring (bicyclic) bond motifs is 1. The van der Waals surface area contributed by atoms with E-state index in [1.54, 1.807) is 25.1 Å². The van der Waals surface area contributed by atoms with E-state index in [9.17, 15) is 18.0 Å². The molecule has 0 bridgehead atoms. The SMILES string of the molecule is CCOC(=O)c1oc2cc(OS(C)(=O)=O)ccc2c(=O)c1-c1ccc(OC)c(OC)c1. The molecule has 0 N–H and O–H groups in total. The van der Waals surface area contributed by atoms with Crippen molar-refractivity contribution in [2.45, 2.75) is 6.92 Å². The molecule has 9 nitrogen and oxygen atoms in total. The Balaban J connectivity index is 2.30. The normalized spacial score (nSPS) is 11.2. The number of carbonyl (C=O) groups is 1. The number of rotatable bonds is 7. The number of hydrogen-bond donors (Lipinski definition) is 0. The van der Waals surface area contributed by atoms with Crippen LogP contribution in [0.2, 0.25) is 0 Å². The van der Waals surface area contributed by atoms with Gasteiger partial charge < -0.3 is 22.8 Å². The van der Waals surface area contributed by atoms with Crippen LogP contribution >= 0.6 is 0 Å². The Hall–Kier alpha value is -3.53. The summed E-state index contributed by atoms with van der Waals surface area (Å²) in [6.45, 7) is 1.67. The zero-order valence-corrected chi connectivity index (χ0v) is 18.1. The minimum Gasteiger partial charge on any atom is -0.493 e. The van der Waals surface area contributed by atoms with Gasteiger partial charge in [0, 0.05) is 6.07 Å². The Labute approximate surface area is 178 Å². The Morgan fingerprint density at radius 1 is 1.03 bits per heavy atom. The molecule has 0 fully saturated rings. The second-order valence-electron chi connectivity index (χ2n) is 6.37. The van der Waals surface area contributed by atoms with E-state index >= 15 is 0 Å². The zero-order chi connectivity index (χ0) is 22.8. The second kappa shape index (κ2) is 8.68. The molecule has 0 atom stereocenters. The van der Waals surface area contributed by atoms with Crippen molar-refractivity contribution in [2.75, 3.05) is 27.1 Å². The van der Waals surface area contributed by atoms with Crippen LogP contribution in [0.4, 0.5) is 0 Å². The molecule has 0 spiro atoms. The molecule has 1 heterocycles. The quantitative estimate of drug-likeness (QED) is 0.397. The number of ether oxygens (including phenoxy) is 3. The van der Waals surface area contributed by atoms with Gasteiger partial charge in [-0.2, -0.15) is 8.42 Å². The van der Waals surface area contributed by atoms with E-state index in [1.807, 2.05) is 0 Å². The molecule has 1 aromatic heterocycles. The van der Waals surface area contributed by atoms with E-state index < -0.39 is 21.5 Å². The Morgan fingerprint density at radius 2 is 1.74 bits per heavy atom. The molecule has 164 valence electrons. The van der Waals surface area contributed by atoms with Gasteiger partial charge in [-0.3, -0.25) is 4.79 Å². The fraction of sp³-hybridized carbons (Fsp3) is 0.238. The van der Waals surface area contributed by atoms with Gasteiger partial charge in [0.25, 0.3) is 0 Å². The highest BCUT2D eigenvalue weighted by atomic mass is 32.2. The molecule has 0 unspecified atom stereocenters. The maximum absolute atomic E-state index is 13.3. The summed E-state index contributed by atoms with van der Waals surface area (Å²) in [5, 5.41) is 0.124. The highest BCUT2D eigenvalue weighted by Crippen LogP contribution is 2.34. The van der Waals surface area contributed by atoms with Crippen LogP contribution in [0.15, 0.2) is 45.6 Å². The molecule has 31 heavy (non-hydrogen) atoms. The van der Waals surface area contributed by atoms with Crippen molar-refractivity contribution in [1.82, 2.24) is 0 Å². The van der Waals surface area contributed by atoms with Crippen molar-refractivity contribution in [1.29, 1.82) is 0 Å². The summed E-state index contributed by atoms with van der Waals surface area (Å²) < 4.78 is 48.9. The van der Waals surface area contributed by atoms with E-state index in [2.05, 4.69) is 0 Å². The van der Waals surface area contributed by atoms with Gasteiger partial charge in [0.2, 0.25) is 11.2 Å². The molecule has 0 aliphatic rings. The van der Waals surface area contributed by atoms with Gasteiger partial charge in [-0.15, -0.1) is 0 Å². The van der Waals surface area contributed by atoms with E-state index in [1.165, 1.54) is 32.4 Å². The van der Waals surface area contributed by atoms with E-state index in [-0.39, 0.29) is 34.6 Å². The number of methoxy groups -OCH3 is 2. The fourth-order valence-electron chi connectivity index (χ4n) is 2.99. The highest BCUT2D eigenvalue weighted by Gasteiger charge is 2.24. The first kappa shape index (κ1) is 22.2. The lowest BCUT2D eigenvalue weighted by Crippen LogP contribution is -2.15. The molecule has 0 saturated carbocycles. The van der Waals surface area contributed by atoms with Crippen molar-refractivity contribution < 1.29 is 36.0 Å². The van der Waals surface area contributed by atoms with E-state index in [4.69, 9.17) is 22.8 Å². The lowest BCUT2D eigenvalue weighted by Gasteiger charge is -2.13. The van der Waals surface area contributed by atoms with Crippen LogP contribution in [0.5, 0.6) is 17.2 Å². The first-order valence-electron chi connectivity index (χ1n) is 9.08. The summed E-state index contributed by atoms with van der Waals surface area (Å²) in [4.78, 5) is 25.9. The van der Waals surface area contributed by atoms with Crippen LogP contribution < -0.4 is 19.1 Å². The topological polar surface area (TPSA) is 118 Å². The minimum atomic E-state index is -3.79. The van der Waals surface area contributed by atoms with Crippen LogP contribution in [-0.4, -0.2) is 41.5 Å². The number of carbonyl (C=O) groups excluding carboxylic acids is 1. The highest BCUT2D eigenvalue weighted by molar-refractivity contribution is 7.86. The predicted octanol–water partition coefficient (Wildman–Crippen LogP) is 2.99.